The van der Waals surface area contributed by atoms with Crippen LogP contribution in [0.25, 0.3) is 0 Å². The minimum Gasteiger partial charge on any atom is -0.508 e. The van der Waals surface area contributed by atoms with E-state index in [0.717, 1.165) is 6.07 Å². The summed E-state index contributed by atoms with van der Waals surface area (Å²) in [5.74, 6) is -1.28. The summed E-state index contributed by atoms with van der Waals surface area (Å²) >= 11 is 0. The molecule has 0 bridgehead atoms. The van der Waals surface area contributed by atoms with E-state index in [0.29, 0.717) is 0 Å². The van der Waals surface area contributed by atoms with E-state index in [1.807, 2.05) is 0 Å². The highest BCUT2D eigenvalue weighted by molar-refractivity contribution is 5.95. The van der Waals surface area contributed by atoms with Crippen LogP contribution in [0.5, 0.6) is 11.5 Å². The molecular weight excluding hydrogens is 200 g/mol. The van der Waals surface area contributed by atoms with E-state index < -0.39 is 18.2 Å². The first-order chi connectivity index (χ1) is 7.00. The van der Waals surface area contributed by atoms with Crippen molar-refractivity contribution in [2.75, 3.05) is 0 Å². The van der Waals surface area contributed by atoms with Crippen molar-refractivity contribution in [3.63, 3.8) is 0 Å². The highest BCUT2D eigenvalue weighted by atomic mass is 16.6. The maximum Gasteiger partial charge on any atom is 0.342 e. The Morgan fingerprint density at radius 2 is 2.00 bits per heavy atom. The number of rotatable bonds is 0. The third-order valence-electron chi connectivity index (χ3n) is 2.39. The fraction of sp³-hybridized carbons (Fsp3) is 0.300. The van der Waals surface area contributed by atoms with Gasteiger partial charge in [0.15, 0.2) is 0 Å². The zero-order valence-electron chi connectivity index (χ0n) is 7.97. The van der Waals surface area contributed by atoms with Crippen LogP contribution < -0.4 is 0 Å². The molecule has 0 radical (unpaired) electrons. The van der Waals surface area contributed by atoms with E-state index in [-0.39, 0.29) is 22.6 Å². The Labute approximate surface area is 85.5 Å². The van der Waals surface area contributed by atoms with Crippen LogP contribution >= 0.6 is 0 Å². The standard InChI is InChI=1S/C10H10O5/c1-4-9(13)6-2-5(11)3-7(12)8(6)10(14)15-4/h2-4,9,11-13H,1H3/t4-,9+/m1/s1. The summed E-state index contributed by atoms with van der Waals surface area (Å²) < 4.78 is 4.82. The van der Waals surface area contributed by atoms with Crippen molar-refractivity contribution < 1.29 is 24.9 Å². The normalized spacial score (nSPS) is 24.5. The summed E-state index contributed by atoms with van der Waals surface area (Å²) in [6.45, 7) is 1.53. The van der Waals surface area contributed by atoms with Crippen molar-refractivity contribution in [3.05, 3.63) is 23.3 Å². The van der Waals surface area contributed by atoms with Gasteiger partial charge >= 0.3 is 5.97 Å². The molecule has 0 fully saturated rings. The SMILES string of the molecule is C[C@H]1OC(=O)c2c(O)cc(O)cc2[C@H]1O. The van der Waals surface area contributed by atoms with Gasteiger partial charge in [0, 0.05) is 11.6 Å². The van der Waals surface area contributed by atoms with Crippen molar-refractivity contribution in [1.29, 1.82) is 0 Å². The summed E-state index contributed by atoms with van der Waals surface area (Å²) in [5.41, 5.74) is 0.106. The van der Waals surface area contributed by atoms with E-state index in [9.17, 15) is 20.1 Å². The smallest absolute Gasteiger partial charge is 0.342 e. The zero-order valence-corrected chi connectivity index (χ0v) is 7.97. The van der Waals surface area contributed by atoms with Crippen molar-refractivity contribution in [2.24, 2.45) is 0 Å². The third-order valence-corrected chi connectivity index (χ3v) is 2.39. The summed E-state index contributed by atoms with van der Waals surface area (Å²) in [5, 5.41) is 28.4. The van der Waals surface area contributed by atoms with Gasteiger partial charge in [0.1, 0.15) is 29.3 Å². The van der Waals surface area contributed by atoms with Gasteiger partial charge < -0.3 is 20.1 Å². The molecule has 1 aliphatic heterocycles. The molecule has 80 valence electrons. The Balaban J connectivity index is 2.65. The minimum atomic E-state index is -1.03. The van der Waals surface area contributed by atoms with Gasteiger partial charge in [0.2, 0.25) is 0 Å². The van der Waals surface area contributed by atoms with Crippen molar-refractivity contribution in [1.82, 2.24) is 0 Å². The van der Waals surface area contributed by atoms with Gasteiger partial charge in [0.05, 0.1) is 0 Å². The van der Waals surface area contributed by atoms with Crippen LogP contribution in [-0.2, 0) is 4.74 Å². The number of cyclic esters (lactones) is 1. The lowest BCUT2D eigenvalue weighted by Crippen LogP contribution is -2.29. The van der Waals surface area contributed by atoms with Crippen LogP contribution in [0.4, 0.5) is 0 Å². The van der Waals surface area contributed by atoms with Crippen LogP contribution in [-0.4, -0.2) is 27.4 Å². The van der Waals surface area contributed by atoms with Crippen LogP contribution in [0, 0.1) is 0 Å². The second-order valence-corrected chi connectivity index (χ2v) is 3.48. The highest BCUT2D eigenvalue weighted by Gasteiger charge is 2.34. The number of aromatic hydroxyl groups is 2. The first kappa shape index (κ1) is 9.79. The lowest BCUT2D eigenvalue weighted by Gasteiger charge is -2.27. The Morgan fingerprint density at radius 3 is 2.67 bits per heavy atom. The molecule has 1 aliphatic rings. The predicted octanol–water partition coefficient (Wildman–Crippen LogP) is 0.690. The van der Waals surface area contributed by atoms with Crippen LogP contribution in [0.15, 0.2) is 12.1 Å². The van der Waals surface area contributed by atoms with Gasteiger partial charge in [-0.3, -0.25) is 0 Å². The number of aliphatic hydroxyl groups is 1. The lowest BCUT2D eigenvalue weighted by molar-refractivity contribution is -0.0217. The van der Waals surface area contributed by atoms with E-state index in [1.165, 1.54) is 13.0 Å². The summed E-state index contributed by atoms with van der Waals surface area (Å²) in [7, 11) is 0. The molecule has 0 saturated heterocycles. The van der Waals surface area contributed by atoms with Gasteiger partial charge in [-0.15, -0.1) is 0 Å². The quantitative estimate of drug-likeness (QED) is 0.548. The number of hydrogen-bond donors (Lipinski definition) is 3. The largest absolute Gasteiger partial charge is 0.508 e. The number of ether oxygens (including phenoxy) is 1. The Hall–Kier alpha value is -1.75. The van der Waals surface area contributed by atoms with E-state index in [1.54, 1.807) is 0 Å². The first-order valence-corrected chi connectivity index (χ1v) is 4.45. The van der Waals surface area contributed by atoms with Gasteiger partial charge in [0.25, 0.3) is 0 Å². The molecule has 2 rings (SSSR count). The third kappa shape index (κ3) is 1.41. The maximum atomic E-state index is 11.4. The topological polar surface area (TPSA) is 87.0 Å². The molecule has 1 aromatic carbocycles. The molecule has 0 amide bonds. The molecule has 1 aromatic rings. The zero-order chi connectivity index (χ0) is 11.2. The van der Waals surface area contributed by atoms with E-state index in [2.05, 4.69) is 0 Å². The summed E-state index contributed by atoms with van der Waals surface area (Å²) in [6, 6.07) is 2.28. The average Bonchev–Trinajstić information content (AvgIpc) is 2.12. The molecule has 0 unspecified atom stereocenters. The molecule has 0 aliphatic carbocycles. The molecule has 1 heterocycles. The van der Waals surface area contributed by atoms with Gasteiger partial charge in [-0.05, 0) is 13.0 Å². The number of fused-ring (bicyclic) bond motifs is 1. The molecule has 0 saturated carbocycles. The number of esters is 1. The Kier molecular flexibility index (Phi) is 2.04. The van der Waals surface area contributed by atoms with Crippen molar-refractivity contribution in [3.8, 4) is 11.5 Å². The second-order valence-electron chi connectivity index (χ2n) is 3.48. The Morgan fingerprint density at radius 1 is 1.33 bits per heavy atom. The summed E-state index contributed by atoms with van der Waals surface area (Å²) in [4.78, 5) is 11.4. The minimum absolute atomic E-state index is 0.0848. The fourth-order valence-electron chi connectivity index (χ4n) is 1.63. The number of carbonyl (C=O) groups is 1. The second kappa shape index (κ2) is 3.13. The Bertz CT molecular complexity index is 426. The van der Waals surface area contributed by atoms with Crippen molar-refractivity contribution in [2.45, 2.75) is 19.1 Å². The number of phenols is 2. The van der Waals surface area contributed by atoms with Gasteiger partial charge in [-0.1, -0.05) is 0 Å². The van der Waals surface area contributed by atoms with Crippen molar-refractivity contribution >= 4 is 5.97 Å². The molecule has 0 spiro atoms. The lowest BCUT2D eigenvalue weighted by atomic mass is 9.95. The van der Waals surface area contributed by atoms with E-state index in [4.69, 9.17) is 4.74 Å². The first-order valence-electron chi connectivity index (χ1n) is 4.45. The molecule has 5 nitrogen and oxygen atoms in total. The fourth-order valence-corrected chi connectivity index (χ4v) is 1.63. The number of phenolic OH excluding ortho intramolecular Hbond substituents is 2. The highest BCUT2D eigenvalue weighted by Crippen LogP contribution is 2.37. The number of hydrogen-bond acceptors (Lipinski definition) is 5. The van der Waals surface area contributed by atoms with Gasteiger partial charge in [-0.2, -0.15) is 0 Å². The maximum absolute atomic E-state index is 11.4. The number of aliphatic hydroxyl groups excluding tert-OH is 1. The average molecular weight is 210 g/mol. The van der Waals surface area contributed by atoms with Crippen LogP contribution in [0.1, 0.15) is 28.9 Å². The molecular formula is C10H10O5. The number of benzene rings is 1. The van der Waals surface area contributed by atoms with E-state index >= 15 is 0 Å². The van der Waals surface area contributed by atoms with Crippen LogP contribution in [0.3, 0.4) is 0 Å². The molecule has 15 heavy (non-hydrogen) atoms. The molecule has 5 heteroatoms. The monoisotopic (exact) mass is 210 g/mol. The predicted molar refractivity (Wildman–Crippen MR) is 49.6 cm³/mol. The molecule has 0 aromatic heterocycles. The molecule has 2 atom stereocenters. The van der Waals surface area contributed by atoms with Crippen LogP contribution in [0.2, 0.25) is 0 Å². The number of carbonyl (C=O) groups excluding carboxylic acids is 1. The summed E-state index contributed by atoms with van der Waals surface area (Å²) in [6.07, 6.45) is -1.72. The molecule has 3 N–H and O–H groups in total. The van der Waals surface area contributed by atoms with Gasteiger partial charge in [-0.25, -0.2) is 4.79 Å².